The largest absolute Gasteiger partial charge is 0.493 e. The predicted octanol–water partition coefficient (Wildman–Crippen LogP) is 5.31. The van der Waals surface area contributed by atoms with Gasteiger partial charge in [-0.3, -0.25) is 0 Å². The van der Waals surface area contributed by atoms with Crippen LogP contribution in [-0.4, -0.2) is 21.7 Å². The molecule has 0 saturated heterocycles. The Bertz CT molecular complexity index is 1200. The summed E-state index contributed by atoms with van der Waals surface area (Å²) in [5, 5.41) is 4.48. The third kappa shape index (κ3) is 6.00. The Morgan fingerprint density at radius 3 is 2.52 bits per heavy atom. The first-order valence-corrected chi connectivity index (χ1v) is 11.8. The zero-order chi connectivity index (χ0) is 22.4. The molecule has 0 aromatic heterocycles. The molecule has 0 atom stereocenters. The molecule has 0 aliphatic carbocycles. The summed E-state index contributed by atoms with van der Waals surface area (Å²) in [6, 6.07) is 17.3. The topological polar surface area (TPSA) is 77.0 Å². The van der Waals surface area contributed by atoms with E-state index >= 15 is 0 Å². The molecule has 0 bridgehead atoms. The van der Waals surface area contributed by atoms with Crippen LogP contribution in [-0.2, 0) is 16.6 Å². The maximum atomic E-state index is 12.3. The summed E-state index contributed by atoms with van der Waals surface area (Å²) < 4.78 is 36.6. The maximum Gasteiger partial charge on any atom is 0.276 e. The van der Waals surface area contributed by atoms with Gasteiger partial charge < -0.3 is 9.47 Å². The third-order valence-corrected chi connectivity index (χ3v) is 6.50. The molecular formula is C22H20BrClN2O4S. The molecule has 0 fully saturated rings. The number of methoxy groups -OCH3 is 1. The lowest BCUT2D eigenvalue weighted by Gasteiger charge is -2.14. The van der Waals surface area contributed by atoms with Gasteiger partial charge in [-0.15, -0.1) is 0 Å². The highest BCUT2D eigenvalue weighted by Gasteiger charge is 2.14. The Hall–Kier alpha value is -2.55. The average Bonchev–Trinajstić information content (AvgIpc) is 2.74. The van der Waals surface area contributed by atoms with E-state index in [1.54, 1.807) is 30.3 Å². The van der Waals surface area contributed by atoms with Crippen LogP contribution in [0.5, 0.6) is 11.5 Å². The monoisotopic (exact) mass is 522 g/mol. The molecule has 162 valence electrons. The first-order valence-electron chi connectivity index (χ1n) is 9.15. The number of aryl methyl sites for hydroxylation is 1. The van der Waals surface area contributed by atoms with Crippen molar-refractivity contribution in [1.29, 1.82) is 0 Å². The fraction of sp³-hybridized carbons (Fsp3) is 0.136. The number of nitrogens with zero attached hydrogens (tertiary/aromatic N) is 1. The van der Waals surface area contributed by atoms with Crippen molar-refractivity contribution in [3.05, 3.63) is 86.8 Å². The standard InChI is InChI=1S/C22H20BrClN2O4S/c1-15-7-9-18(10-8-15)31(27,28)26-25-13-16-11-19(23)22(21(12-16)29-2)30-14-17-5-3-4-6-20(17)24/h3-13,26H,14H2,1-2H3/b25-13-. The highest BCUT2D eigenvalue weighted by Crippen LogP contribution is 2.37. The van der Waals surface area contributed by atoms with Crippen molar-refractivity contribution >= 4 is 43.8 Å². The van der Waals surface area contributed by atoms with Crippen molar-refractivity contribution in [2.75, 3.05) is 7.11 Å². The van der Waals surface area contributed by atoms with E-state index in [9.17, 15) is 8.42 Å². The number of benzene rings is 3. The number of sulfonamides is 1. The number of ether oxygens (including phenoxy) is 2. The number of hydrazone groups is 1. The molecule has 0 aliphatic heterocycles. The van der Waals surface area contributed by atoms with Crippen molar-refractivity contribution in [2.24, 2.45) is 5.10 Å². The number of halogens is 2. The van der Waals surface area contributed by atoms with Crippen LogP contribution in [0.2, 0.25) is 5.02 Å². The second-order valence-corrected chi connectivity index (χ2v) is 9.50. The van der Waals surface area contributed by atoms with Gasteiger partial charge in [0.2, 0.25) is 0 Å². The molecule has 0 saturated carbocycles. The number of rotatable bonds is 8. The van der Waals surface area contributed by atoms with Crippen LogP contribution in [0.4, 0.5) is 0 Å². The molecule has 1 N–H and O–H groups in total. The smallest absolute Gasteiger partial charge is 0.276 e. The average molecular weight is 524 g/mol. The van der Waals surface area contributed by atoms with Crippen LogP contribution in [0.1, 0.15) is 16.7 Å². The molecule has 0 aliphatic rings. The van der Waals surface area contributed by atoms with Gasteiger partial charge >= 0.3 is 0 Å². The number of hydrogen-bond acceptors (Lipinski definition) is 5. The van der Waals surface area contributed by atoms with Gasteiger partial charge in [0.1, 0.15) is 6.61 Å². The number of nitrogens with one attached hydrogen (secondary N) is 1. The van der Waals surface area contributed by atoms with Crippen molar-refractivity contribution < 1.29 is 17.9 Å². The van der Waals surface area contributed by atoms with Gasteiger partial charge in [0.25, 0.3) is 10.0 Å². The molecule has 3 rings (SSSR count). The van der Waals surface area contributed by atoms with Crippen LogP contribution >= 0.6 is 27.5 Å². The fourth-order valence-electron chi connectivity index (χ4n) is 2.66. The summed E-state index contributed by atoms with van der Waals surface area (Å²) in [5.41, 5.74) is 2.42. The summed E-state index contributed by atoms with van der Waals surface area (Å²) in [4.78, 5) is 2.34. The van der Waals surface area contributed by atoms with Crippen molar-refractivity contribution in [3.8, 4) is 11.5 Å². The maximum absolute atomic E-state index is 12.3. The summed E-state index contributed by atoms with van der Waals surface area (Å²) in [6.45, 7) is 2.15. The second kappa shape index (κ2) is 10.2. The zero-order valence-corrected chi connectivity index (χ0v) is 20.0. The van der Waals surface area contributed by atoms with Crippen LogP contribution in [0, 0.1) is 6.92 Å². The number of hydrogen-bond donors (Lipinski definition) is 1. The van der Waals surface area contributed by atoms with E-state index in [0.29, 0.717) is 26.6 Å². The molecule has 0 amide bonds. The molecule has 0 radical (unpaired) electrons. The Morgan fingerprint density at radius 1 is 1.13 bits per heavy atom. The molecule has 0 spiro atoms. The van der Waals surface area contributed by atoms with Crippen molar-refractivity contribution in [2.45, 2.75) is 18.4 Å². The fourth-order valence-corrected chi connectivity index (χ4v) is 4.22. The third-order valence-electron chi connectivity index (χ3n) is 4.30. The zero-order valence-electron chi connectivity index (χ0n) is 16.8. The van der Waals surface area contributed by atoms with E-state index in [1.807, 2.05) is 25.1 Å². The SMILES string of the molecule is COc1cc(/C=N\NS(=O)(=O)c2ccc(C)cc2)cc(Br)c1OCc1ccccc1Cl. The predicted molar refractivity (Wildman–Crippen MR) is 126 cm³/mol. The minimum absolute atomic E-state index is 0.136. The second-order valence-electron chi connectivity index (χ2n) is 6.58. The molecule has 3 aromatic carbocycles. The highest BCUT2D eigenvalue weighted by atomic mass is 79.9. The van der Waals surface area contributed by atoms with Crippen LogP contribution < -0.4 is 14.3 Å². The summed E-state index contributed by atoms with van der Waals surface area (Å²) in [5.74, 6) is 0.962. The van der Waals surface area contributed by atoms with Gasteiger partial charge in [0, 0.05) is 10.6 Å². The van der Waals surface area contributed by atoms with Gasteiger partial charge in [0.15, 0.2) is 11.5 Å². The summed E-state index contributed by atoms with van der Waals surface area (Å²) >= 11 is 9.65. The van der Waals surface area contributed by atoms with Crippen molar-refractivity contribution in [1.82, 2.24) is 4.83 Å². The summed E-state index contributed by atoms with van der Waals surface area (Å²) in [6.07, 6.45) is 1.39. The van der Waals surface area contributed by atoms with Crippen LogP contribution in [0.3, 0.4) is 0 Å². The lowest BCUT2D eigenvalue weighted by atomic mass is 10.2. The van der Waals surface area contributed by atoms with Gasteiger partial charge in [-0.1, -0.05) is 47.5 Å². The van der Waals surface area contributed by atoms with E-state index in [2.05, 4.69) is 25.9 Å². The van der Waals surface area contributed by atoms with Gasteiger partial charge in [-0.25, -0.2) is 4.83 Å². The molecule has 31 heavy (non-hydrogen) atoms. The Kier molecular flexibility index (Phi) is 7.59. The summed E-state index contributed by atoms with van der Waals surface area (Å²) in [7, 11) is -2.23. The molecule has 9 heteroatoms. The first kappa shape index (κ1) is 23.1. The van der Waals surface area contributed by atoms with Crippen LogP contribution in [0.25, 0.3) is 0 Å². The minimum Gasteiger partial charge on any atom is -0.493 e. The van der Waals surface area contributed by atoms with Gasteiger partial charge in [-0.2, -0.15) is 13.5 Å². The lowest BCUT2D eigenvalue weighted by Crippen LogP contribution is -2.18. The minimum atomic E-state index is -3.75. The Labute approximate surface area is 195 Å². The molecule has 0 unspecified atom stereocenters. The molecular weight excluding hydrogens is 504 g/mol. The van der Waals surface area contributed by atoms with Gasteiger partial charge in [-0.05, 0) is 58.7 Å². The lowest BCUT2D eigenvalue weighted by molar-refractivity contribution is 0.282. The normalized spacial score (nSPS) is 11.5. The molecule has 6 nitrogen and oxygen atoms in total. The Balaban J connectivity index is 1.74. The van der Waals surface area contributed by atoms with Gasteiger partial charge in [0.05, 0.1) is 22.7 Å². The highest BCUT2D eigenvalue weighted by molar-refractivity contribution is 9.10. The van der Waals surface area contributed by atoms with Crippen molar-refractivity contribution in [3.63, 3.8) is 0 Å². The van der Waals surface area contributed by atoms with Crippen LogP contribution in [0.15, 0.2) is 75.1 Å². The Morgan fingerprint density at radius 2 is 1.84 bits per heavy atom. The molecule has 0 heterocycles. The van der Waals surface area contributed by atoms with E-state index < -0.39 is 10.0 Å². The van der Waals surface area contributed by atoms with E-state index in [4.69, 9.17) is 21.1 Å². The quantitative estimate of drug-likeness (QED) is 0.321. The first-order chi connectivity index (χ1) is 14.8. The van der Waals surface area contributed by atoms with E-state index in [-0.39, 0.29) is 11.5 Å². The van der Waals surface area contributed by atoms with E-state index in [1.165, 1.54) is 25.5 Å². The molecule has 3 aromatic rings. The van der Waals surface area contributed by atoms with E-state index in [0.717, 1.165) is 11.1 Å².